The number of fused-ring (bicyclic) bond motifs is 1. The third kappa shape index (κ3) is 4.41. The predicted molar refractivity (Wildman–Crippen MR) is 114 cm³/mol. The average molecular weight is 396 g/mol. The number of benzene rings is 2. The van der Waals surface area contributed by atoms with Crippen molar-refractivity contribution in [2.24, 2.45) is 0 Å². The van der Waals surface area contributed by atoms with Crippen molar-refractivity contribution in [2.45, 2.75) is 13.3 Å². The second kappa shape index (κ2) is 8.82. The smallest absolute Gasteiger partial charge is 0.260 e. The fourth-order valence-corrected chi connectivity index (χ4v) is 4.52. The molecule has 0 aliphatic carbocycles. The van der Waals surface area contributed by atoms with Gasteiger partial charge in [-0.3, -0.25) is 14.6 Å². The van der Waals surface area contributed by atoms with Crippen LogP contribution in [0.1, 0.15) is 22.3 Å². The van der Waals surface area contributed by atoms with Gasteiger partial charge in [-0.25, -0.2) is 4.98 Å². The van der Waals surface area contributed by atoms with Crippen molar-refractivity contribution in [1.29, 1.82) is 0 Å². The Morgan fingerprint density at radius 2 is 1.96 bits per heavy atom. The maximum absolute atomic E-state index is 13.2. The van der Waals surface area contributed by atoms with E-state index in [0.717, 1.165) is 54.6 Å². The molecule has 0 spiro atoms. The van der Waals surface area contributed by atoms with Gasteiger partial charge in [0.05, 0.1) is 23.4 Å². The largest absolute Gasteiger partial charge is 0.379 e. The minimum absolute atomic E-state index is 0.0124. The molecule has 0 N–H and O–H groups in total. The molecule has 0 atom stereocenters. The van der Waals surface area contributed by atoms with Crippen LogP contribution in [-0.2, 0) is 4.74 Å². The number of hydrogen-bond donors (Lipinski definition) is 0. The molecular weight excluding hydrogens is 370 g/mol. The van der Waals surface area contributed by atoms with Crippen LogP contribution >= 0.6 is 11.3 Å². The first-order valence-corrected chi connectivity index (χ1v) is 10.6. The summed E-state index contributed by atoms with van der Waals surface area (Å²) in [5.41, 5.74) is 2.85. The van der Waals surface area contributed by atoms with Crippen LogP contribution < -0.4 is 4.90 Å². The van der Waals surface area contributed by atoms with E-state index in [9.17, 15) is 4.79 Å². The second-order valence-electron chi connectivity index (χ2n) is 7.10. The number of aryl methyl sites for hydroxylation is 1. The molecule has 1 saturated heterocycles. The lowest BCUT2D eigenvalue weighted by Crippen LogP contribution is -2.39. The number of nitrogens with zero attached hydrogens (tertiary/aromatic N) is 3. The van der Waals surface area contributed by atoms with Gasteiger partial charge in [0.15, 0.2) is 5.13 Å². The van der Waals surface area contributed by atoms with Gasteiger partial charge in [0, 0.05) is 31.7 Å². The molecule has 2 aromatic carbocycles. The highest BCUT2D eigenvalue weighted by atomic mass is 32.1. The lowest BCUT2D eigenvalue weighted by molar-refractivity contribution is 0.0376. The lowest BCUT2D eigenvalue weighted by Gasteiger charge is -2.27. The Bertz CT molecular complexity index is 935. The van der Waals surface area contributed by atoms with E-state index in [4.69, 9.17) is 9.72 Å². The molecule has 1 amide bonds. The summed E-state index contributed by atoms with van der Waals surface area (Å²) in [5, 5.41) is 0.774. The molecule has 0 bridgehead atoms. The third-order valence-corrected chi connectivity index (χ3v) is 6.03. The maximum atomic E-state index is 13.2. The first-order chi connectivity index (χ1) is 13.7. The zero-order valence-corrected chi connectivity index (χ0v) is 17.0. The number of amides is 1. The number of carbonyl (C=O) groups is 1. The Kier molecular flexibility index (Phi) is 6.00. The van der Waals surface area contributed by atoms with Gasteiger partial charge < -0.3 is 4.74 Å². The number of aromatic nitrogens is 1. The highest BCUT2D eigenvalue weighted by Gasteiger charge is 2.21. The Hall–Kier alpha value is -2.28. The molecule has 0 saturated carbocycles. The van der Waals surface area contributed by atoms with Crippen molar-refractivity contribution in [3.05, 3.63) is 59.7 Å². The van der Waals surface area contributed by atoms with Crippen molar-refractivity contribution >= 4 is 32.6 Å². The highest BCUT2D eigenvalue weighted by molar-refractivity contribution is 7.22. The summed E-state index contributed by atoms with van der Waals surface area (Å²) in [4.78, 5) is 22.2. The van der Waals surface area contributed by atoms with Gasteiger partial charge in [-0.05, 0) is 43.2 Å². The number of morpholine rings is 1. The number of thiazole rings is 1. The molecule has 0 radical (unpaired) electrons. The normalized spacial score (nSPS) is 15.0. The van der Waals surface area contributed by atoms with E-state index < -0.39 is 0 Å². The third-order valence-electron chi connectivity index (χ3n) is 4.99. The summed E-state index contributed by atoms with van der Waals surface area (Å²) < 4.78 is 6.54. The van der Waals surface area contributed by atoms with Gasteiger partial charge in [-0.1, -0.05) is 35.6 Å². The summed E-state index contributed by atoms with van der Waals surface area (Å²) in [6.07, 6.45) is 0.910. The summed E-state index contributed by atoms with van der Waals surface area (Å²) in [6, 6.07) is 15.7. The van der Waals surface area contributed by atoms with Gasteiger partial charge in [-0.15, -0.1) is 0 Å². The highest BCUT2D eigenvalue weighted by Crippen LogP contribution is 2.30. The minimum atomic E-state index is 0.0124. The molecule has 1 aliphatic heterocycles. The van der Waals surface area contributed by atoms with Crippen LogP contribution in [0.2, 0.25) is 0 Å². The number of anilines is 1. The molecule has 0 unspecified atom stereocenters. The number of carbonyl (C=O) groups excluding carboxylic acids is 1. The van der Waals surface area contributed by atoms with E-state index in [2.05, 4.69) is 24.0 Å². The number of hydrogen-bond acceptors (Lipinski definition) is 5. The summed E-state index contributed by atoms with van der Waals surface area (Å²) in [5.74, 6) is 0.0124. The Morgan fingerprint density at radius 1 is 1.18 bits per heavy atom. The quantitative estimate of drug-likeness (QED) is 0.633. The summed E-state index contributed by atoms with van der Waals surface area (Å²) in [7, 11) is 0. The molecule has 3 aromatic rings. The van der Waals surface area contributed by atoms with Crippen molar-refractivity contribution in [2.75, 3.05) is 44.3 Å². The standard InChI is InChI=1S/C22H25N3O2S/c1-17-8-9-19-20(16-17)28-22(23-19)25(21(26)18-6-3-2-4-7-18)11-5-10-24-12-14-27-15-13-24/h2-4,6-9,16H,5,10-15H2,1H3. The van der Waals surface area contributed by atoms with Crippen LogP contribution in [0.3, 0.4) is 0 Å². The van der Waals surface area contributed by atoms with E-state index >= 15 is 0 Å². The lowest BCUT2D eigenvalue weighted by atomic mass is 10.2. The van der Waals surface area contributed by atoms with E-state index in [1.165, 1.54) is 5.56 Å². The molecule has 2 heterocycles. The van der Waals surface area contributed by atoms with Crippen LogP contribution in [0.15, 0.2) is 48.5 Å². The molecule has 146 valence electrons. The monoisotopic (exact) mass is 395 g/mol. The molecular formula is C22H25N3O2S. The van der Waals surface area contributed by atoms with Crippen LogP contribution in [0.4, 0.5) is 5.13 Å². The maximum Gasteiger partial charge on any atom is 0.260 e. The zero-order valence-electron chi connectivity index (χ0n) is 16.1. The molecule has 1 fully saturated rings. The molecule has 1 aromatic heterocycles. The van der Waals surface area contributed by atoms with E-state index in [-0.39, 0.29) is 5.91 Å². The zero-order chi connectivity index (χ0) is 19.3. The van der Waals surface area contributed by atoms with Gasteiger partial charge in [0.25, 0.3) is 5.91 Å². The summed E-state index contributed by atoms with van der Waals surface area (Å²) in [6.45, 7) is 7.22. The predicted octanol–water partition coefficient (Wildman–Crippen LogP) is 3.97. The van der Waals surface area contributed by atoms with Gasteiger partial charge in [0.1, 0.15) is 0 Å². The number of rotatable bonds is 6. The fraction of sp³-hybridized carbons (Fsp3) is 0.364. The molecule has 1 aliphatic rings. The SMILES string of the molecule is Cc1ccc2nc(N(CCCN3CCOCC3)C(=O)c3ccccc3)sc2c1. The number of ether oxygens (including phenoxy) is 1. The van der Waals surface area contributed by atoms with Gasteiger partial charge in [-0.2, -0.15) is 0 Å². The van der Waals surface area contributed by atoms with Crippen molar-refractivity contribution < 1.29 is 9.53 Å². The van der Waals surface area contributed by atoms with Gasteiger partial charge in [0.2, 0.25) is 0 Å². The summed E-state index contributed by atoms with van der Waals surface area (Å²) >= 11 is 1.59. The van der Waals surface area contributed by atoms with E-state index in [1.54, 1.807) is 11.3 Å². The molecule has 6 heteroatoms. The topological polar surface area (TPSA) is 45.7 Å². The molecule has 5 nitrogen and oxygen atoms in total. The first-order valence-electron chi connectivity index (χ1n) is 9.75. The van der Waals surface area contributed by atoms with Crippen LogP contribution in [0.25, 0.3) is 10.2 Å². The van der Waals surface area contributed by atoms with Crippen LogP contribution in [0.5, 0.6) is 0 Å². The Labute approximate surface area is 169 Å². The Balaban J connectivity index is 1.55. The van der Waals surface area contributed by atoms with E-state index in [0.29, 0.717) is 12.1 Å². The first kappa shape index (κ1) is 19.1. The molecule has 28 heavy (non-hydrogen) atoms. The van der Waals surface area contributed by atoms with E-state index in [1.807, 2.05) is 41.3 Å². The molecule has 4 rings (SSSR count). The van der Waals surface area contributed by atoms with Gasteiger partial charge >= 0.3 is 0 Å². The van der Waals surface area contributed by atoms with Crippen LogP contribution in [0, 0.1) is 6.92 Å². The minimum Gasteiger partial charge on any atom is -0.379 e. The second-order valence-corrected chi connectivity index (χ2v) is 8.11. The van der Waals surface area contributed by atoms with Crippen LogP contribution in [-0.4, -0.2) is 55.2 Å². The average Bonchev–Trinajstić information content (AvgIpc) is 3.15. The van der Waals surface area contributed by atoms with Crippen molar-refractivity contribution in [3.8, 4) is 0 Å². The fourth-order valence-electron chi connectivity index (χ4n) is 3.43. The van der Waals surface area contributed by atoms with Crippen molar-refractivity contribution in [3.63, 3.8) is 0 Å². The Morgan fingerprint density at radius 3 is 2.75 bits per heavy atom. The van der Waals surface area contributed by atoms with Crippen molar-refractivity contribution in [1.82, 2.24) is 9.88 Å².